The molecule has 0 aromatic rings. The lowest BCUT2D eigenvalue weighted by Gasteiger charge is -1.80. The Morgan fingerprint density at radius 2 is 1.67 bits per heavy atom. The monoisotopic (exact) mass is 106 g/mol. The summed E-state index contributed by atoms with van der Waals surface area (Å²) in [6.45, 7) is 1.85. The average Bonchev–Trinajstić information content (AvgIpc) is 1.36. The van der Waals surface area contributed by atoms with E-state index in [1.54, 1.807) is 0 Å². The molecule has 0 aliphatic heterocycles. The van der Waals surface area contributed by atoms with Gasteiger partial charge in [-0.1, -0.05) is 0 Å². The Morgan fingerprint density at radius 3 is 1.67 bits per heavy atom. The molecule has 0 bridgehead atoms. The van der Waals surface area contributed by atoms with Gasteiger partial charge in [-0.2, -0.15) is 0 Å². The summed E-state index contributed by atoms with van der Waals surface area (Å²) < 4.78 is 1.85. The summed E-state index contributed by atoms with van der Waals surface area (Å²) in [5.74, 6) is 0. The number of rotatable bonds is 0. The standard InChI is InChI=1S/C4H9ClN/c1-4(5)6(2)3/h1-3H3/q+1. The summed E-state index contributed by atoms with van der Waals surface area (Å²) in [6.07, 6.45) is 0. The van der Waals surface area contributed by atoms with E-state index >= 15 is 0 Å². The number of hydrogen-bond donors (Lipinski definition) is 0. The highest BCUT2D eigenvalue weighted by Crippen LogP contribution is 1.75. The second-order valence-corrected chi connectivity index (χ2v) is 1.94. The zero-order valence-electron chi connectivity index (χ0n) is 4.33. The summed E-state index contributed by atoms with van der Waals surface area (Å²) in [6, 6.07) is 0. The Bertz CT molecular complexity index is 57.6. The number of halogens is 1. The maximum atomic E-state index is 5.46. The Morgan fingerprint density at radius 1 is 1.50 bits per heavy atom. The molecule has 0 aliphatic carbocycles. The van der Waals surface area contributed by atoms with Crippen LogP contribution in [0.15, 0.2) is 0 Å². The van der Waals surface area contributed by atoms with E-state index in [1.165, 1.54) is 0 Å². The molecule has 2 heteroatoms. The van der Waals surface area contributed by atoms with Gasteiger partial charge in [-0.15, -0.1) is 0 Å². The fourth-order valence-electron chi connectivity index (χ4n) is 0. The average molecular weight is 107 g/mol. The Labute approximate surface area is 43.2 Å². The van der Waals surface area contributed by atoms with E-state index in [1.807, 2.05) is 25.6 Å². The molecule has 6 heavy (non-hydrogen) atoms. The fraction of sp³-hybridized carbons (Fsp3) is 0.750. The second kappa shape index (κ2) is 2.19. The molecule has 0 unspecified atom stereocenters. The molecule has 36 valence electrons. The van der Waals surface area contributed by atoms with Crippen LogP contribution < -0.4 is 0 Å². The summed E-state index contributed by atoms with van der Waals surface area (Å²) in [5.41, 5.74) is 0. The maximum absolute atomic E-state index is 5.46. The summed E-state index contributed by atoms with van der Waals surface area (Å²) in [7, 11) is 3.81. The molecule has 0 rings (SSSR count). The van der Waals surface area contributed by atoms with Gasteiger partial charge in [0.25, 0.3) is 0 Å². The molecule has 0 atom stereocenters. The van der Waals surface area contributed by atoms with Crippen molar-refractivity contribution in [1.82, 2.24) is 0 Å². The molecule has 0 N–H and O–H groups in total. The first kappa shape index (κ1) is 5.96. The predicted molar refractivity (Wildman–Crippen MR) is 28.6 cm³/mol. The fourth-order valence-corrected chi connectivity index (χ4v) is 0. The van der Waals surface area contributed by atoms with Crippen LogP contribution in [0.2, 0.25) is 0 Å². The predicted octanol–water partition coefficient (Wildman–Crippen LogP) is 0.916. The van der Waals surface area contributed by atoms with E-state index in [9.17, 15) is 0 Å². The van der Waals surface area contributed by atoms with E-state index in [2.05, 4.69) is 0 Å². The van der Waals surface area contributed by atoms with Crippen molar-refractivity contribution in [1.29, 1.82) is 0 Å². The zero-order valence-corrected chi connectivity index (χ0v) is 5.08. The van der Waals surface area contributed by atoms with Crippen LogP contribution in [0, 0.1) is 0 Å². The molecule has 0 aliphatic rings. The molecule has 0 aromatic heterocycles. The van der Waals surface area contributed by atoms with Crippen molar-refractivity contribution in [2.75, 3.05) is 14.1 Å². The molecule has 0 heterocycles. The molecule has 0 aromatic carbocycles. The van der Waals surface area contributed by atoms with Crippen LogP contribution in [0.3, 0.4) is 0 Å². The van der Waals surface area contributed by atoms with Crippen molar-refractivity contribution in [3.8, 4) is 0 Å². The highest BCUT2D eigenvalue weighted by Gasteiger charge is 1.86. The Hall–Kier alpha value is -0.0400. The molecule has 0 radical (unpaired) electrons. The quantitative estimate of drug-likeness (QED) is 0.319. The lowest BCUT2D eigenvalue weighted by atomic mass is 10.8. The molecule has 0 saturated carbocycles. The van der Waals surface area contributed by atoms with Gasteiger partial charge in [0, 0.05) is 6.92 Å². The van der Waals surface area contributed by atoms with Crippen LogP contribution >= 0.6 is 11.6 Å². The topological polar surface area (TPSA) is 3.01 Å². The molecular formula is C4H9ClN+. The van der Waals surface area contributed by atoms with E-state index in [0.29, 0.717) is 0 Å². The van der Waals surface area contributed by atoms with Gasteiger partial charge in [0.2, 0.25) is 5.17 Å². The van der Waals surface area contributed by atoms with Gasteiger partial charge >= 0.3 is 0 Å². The van der Waals surface area contributed by atoms with Crippen molar-refractivity contribution in [2.45, 2.75) is 6.92 Å². The third-order valence-electron chi connectivity index (χ3n) is 0.616. The van der Waals surface area contributed by atoms with E-state index in [-0.39, 0.29) is 0 Å². The third kappa shape index (κ3) is 2.21. The number of hydrogen-bond acceptors (Lipinski definition) is 0. The Balaban J connectivity index is 3.68. The zero-order chi connectivity index (χ0) is 5.15. The van der Waals surface area contributed by atoms with Crippen LogP contribution in [0.25, 0.3) is 0 Å². The minimum Gasteiger partial charge on any atom is -0.229 e. The second-order valence-electron chi connectivity index (χ2n) is 1.39. The normalized spacial score (nSPS) is 8.00. The minimum atomic E-state index is 0.815. The summed E-state index contributed by atoms with van der Waals surface area (Å²) >= 11 is 5.46. The van der Waals surface area contributed by atoms with Crippen molar-refractivity contribution < 1.29 is 4.58 Å². The third-order valence-corrected chi connectivity index (χ3v) is 0.954. The highest BCUT2D eigenvalue weighted by atomic mass is 35.5. The first-order chi connectivity index (χ1) is 2.64. The molecule has 0 amide bonds. The van der Waals surface area contributed by atoms with Gasteiger partial charge in [0.05, 0.1) is 0 Å². The SMILES string of the molecule is CC(Cl)=[N+](C)C. The minimum absolute atomic E-state index is 0.815. The van der Waals surface area contributed by atoms with Gasteiger partial charge in [-0.25, -0.2) is 4.58 Å². The van der Waals surface area contributed by atoms with Crippen LogP contribution in [0.1, 0.15) is 6.92 Å². The molecule has 0 spiro atoms. The van der Waals surface area contributed by atoms with Gasteiger partial charge in [0.15, 0.2) is 0 Å². The van der Waals surface area contributed by atoms with Crippen LogP contribution in [-0.4, -0.2) is 23.8 Å². The van der Waals surface area contributed by atoms with Crippen molar-refractivity contribution >= 4 is 16.8 Å². The first-order valence-electron chi connectivity index (χ1n) is 1.81. The maximum Gasteiger partial charge on any atom is 0.241 e. The molecular weight excluding hydrogens is 97.5 g/mol. The first-order valence-corrected chi connectivity index (χ1v) is 2.18. The Kier molecular flexibility index (Phi) is 2.18. The molecule has 0 saturated heterocycles. The number of nitrogens with zero attached hydrogens (tertiary/aromatic N) is 1. The highest BCUT2D eigenvalue weighted by molar-refractivity contribution is 6.63. The lowest BCUT2D eigenvalue weighted by Crippen LogP contribution is -2.01. The van der Waals surface area contributed by atoms with Crippen LogP contribution in [-0.2, 0) is 0 Å². The van der Waals surface area contributed by atoms with Crippen molar-refractivity contribution in [2.24, 2.45) is 0 Å². The molecule has 1 nitrogen and oxygen atoms in total. The van der Waals surface area contributed by atoms with Gasteiger partial charge in [0.1, 0.15) is 14.1 Å². The van der Waals surface area contributed by atoms with Crippen molar-refractivity contribution in [3.05, 3.63) is 0 Å². The largest absolute Gasteiger partial charge is 0.241 e. The molecule has 0 fully saturated rings. The smallest absolute Gasteiger partial charge is 0.229 e. The van der Waals surface area contributed by atoms with Crippen LogP contribution in [0.5, 0.6) is 0 Å². The lowest BCUT2D eigenvalue weighted by molar-refractivity contribution is -0.462. The van der Waals surface area contributed by atoms with Gasteiger partial charge < -0.3 is 0 Å². The summed E-state index contributed by atoms with van der Waals surface area (Å²) in [4.78, 5) is 0. The van der Waals surface area contributed by atoms with E-state index < -0.39 is 0 Å². The summed E-state index contributed by atoms with van der Waals surface area (Å²) in [5, 5.41) is 0.815. The van der Waals surface area contributed by atoms with E-state index in [4.69, 9.17) is 11.6 Å². The van der Waals surface area contributed by atoms with Gasteiger partial charge in [-0.3, -0.25) is 0 Å². The van der Waals surface area contributed by atoms with Gasteiger partial charge in [-0.05, 0) is 11.6 Å². The van der Waals surface area contributed by atoms with Crippen molar-refractivity contribution in [3.63, 3.8) is 0 Å². The van der Waals surface area contributed by atoms with Crippen LogP contribution in [0.4, 0.5) is 0 Å². The van der Waals surface area contributed by atoms with E-state index in [0.717, 1.165) is 5.17 Å².